The first-order valence-corrected chi connectivity index (χ1v) is 9.15. The van der Waals surface area contributed by atoms with Crippen molar-refractivity contribution in [2.45, 2.75) is 32.0 Å². The van der Waals surface area contributed by atoms with Crippen molar-refractivity contribution < 1.29 is 4.74 Å². The first-order valence-electron chi connectivity index (χ1n) is 9.15. The fourth-order valence-electron chi connectivity index (χ4n) is 4.12. The summed E-state index contributed by atoms with van der Waals surface area (Å²) in [5.41, 5.74) is 2.58. The lowest BCUT2D eigenvalue weighted by Gasteiger charge is -2.40. The molecule has 2 aliphatic rings. The zero-order valence-corrected chi connectivity index (χ0v) is 14.7. The van der Waals surface area contributed by atoms with Crippen LogP contribution in [0.15, 0.2) is 30.5 Å². The molecule has 3 heterocycles. The van der Waals surface area contributed by atoms with Gasteiger partial charge in [-0.05, 0) is 57.1 Å². The quantitative estimate of drug-likeness (QED) is 0.863. The topological polar surface area (TPSA) is 52.4 Å². The van der Waals surface area contributed by atoms with E-state index in [-0.39, 0.29) is 12.2 Å². The summed E-state index contributed by atoms with van der Waals surface area (Å²) in [4.78, 5) is 9.36. The first kappa shape index (κ1) is 16.3. The van der Waals surface area contributed by atoms with Crippen molar-refractivity contribution in [3.63, 3.8) is 0 Å². The Morgan fingerprint density at radius 1 is 1.24 bits per heavy atom. The maximum absolute atomic E-state index is 9.35. The van der Waals surface area contributed by atoms with Gasteiger partial charge in [-0.25, -0.2) is 0 Å². The standard InChI is InChI=1S/C20H24N4O/c1-15-12-24(14-17(25-15)13-23-9-2-3-10-23)19-7-6-16(11-21)20-18(19)5-4-8-22-20/h4-8,15,17H,2-3,9-10,12-14H2,1H3/t15-,17+/m1/s1. The number of nitrogens with zero attached hydrogens (tertiary/aromatic N) is 4. The smallest absolute Gasteiger partial charge is 0.101 e. The normalized spacial score (nSPS) is 24.6. The molecule has 2 aliphatic heterocycles. The van der Waals surface area contributed by atoms with Crippen LogP contribution in [0.25, 0.3) is 10.9 Å². The third-order valence-corrected chi connectivity index (χ3v) is 5.19. The monoisotopic (exact) mass is 336 g/mol. The van der Waals surface area contributed by atoms with Gasteiger partial charge in [-0.15, -0.1) is 0 Å². The van der Waals surface area contributed by atoms with Crippen molar-refractivity contribution in [3.05, 3.63) is 36.0 Å². The van der Waals surface area contributed by atoms with E-state index in [1.807, 2.05) is 12.1 Å². The fraction of sp³-hybridized carbons (Fsp3) is 0.500. The fourth-order valence-corrected chi connectivity index (χ4v) is 4.12. The summed E-state index contributed by atoms with van der Waals surface area (Å²) < 4.78 is 6.21. The summed E-state index contributed by atoms with van der Waals surface area (Å²) in [6.45, 7) is 7.29. The molecule has 0 N–H and O–H groups in total. The van der Waals surface area contributed by atoms with E-state index in [2.05, 4.69) is 39.9 Å². The van der Waals surface area contributed by atoms with Gasteiger partial charge in [0.1, 0.15) is 6.07 Å². The molecule has 2 fully saturated rings. The highest BCUT2D eigenvalue weighted by molar-refractivity contribution is 5.95. The van der Waals surface area contributed by atoms with Crippen LogP contribution >= 0.6 is 0 Å². The molecule has 4 rings (SSSR count). The van der Waals surface area contributed by atoms with Gasteiger partial charge in [-0.3, -0.25) is 4.98 Å². The molecular weight excluding hydrogens is 312 g/mol. The molecule has 25 heavy (non-hydrogen) atoms. The van der Waals surface area contributed by atoms with E-state index >= 15 is 0 Å². The predicted molar refractivity (Wildman–Crippen MR) is 98.7 cm³/mol. The Morgan fingerprint density at radius 2 is 2.08 bits per heavy atom. The third-order valence-electron chi connectivity index (χ3n) is 5.19. The highest BCUT2D eigenvalue weighted by atomic mass is 16.5. The largest absolute Gasteiger partial charge is 0.370 e. The number of benzene rings is 1. The molecule has 2 aromatic rings. The number of morpholine rings is 1. The molecule has 0 saturated carbocycles. The van der Waals surface area contributed by atoms with E-state index in [0.717, 1.165) is 36.2 Å². The third kappa shape index (κ3) is 3.33. The SMILES string of the molecule is C[C@@H]1CN(c2ccc(C#N)c3ncccc23)C[C@H](CN2CCCC2)O1. The number of hydrogen-bond acceptors (Lipinski definition) is 5. The van der Waals surface area contributed by atoms with Gasteiger partial charge in [-0.2, -0.15) is 5.26 Å². The number of anilines is 1. The van der Waals surface area contributed by atoms with Crippen LogP contribution in [0.1, 0.15) is 25.3 Å². The van der Waals surface area contributed by atoms with Crippen LogP contribution in [0, 0.1) is 11.3 Å². The second kappa shape index (κ2) is 6.99. The average molecular weight is 336 g/mol. The minimum Gasteiger partial charge on any atom is -0.370 e. The highest BCUT2D eigenvalue weighted by Gasteiger charge is 2.28. The highest BCUT2D eigenvalue weighted by Crippen LogP contribution is 2.30. The van der Waals surface area contributed by atoms with Gasteiger partial charge in [-0.1, -0.05) is 0 Å². The van der Waals surface area contributed by atoms with Crippen LogP contribution in [0.5, 0.6) is 0 Å². The molecule has 1 aromatic carbocycles. The van der Waals surface area contributed by atoms with Gasteiger partial charge < -0.3 is 14.5 Å². The summed E-state index contributed by atoms with van der Waals surface area (Å²) >= 11 is 0. The minimum atomic E-state index is 0.198. The van der Waals surface area contributed by atoms with Crippen LogP contribution in [0.3, 0.4) is 0 Å². The van der Waals surface area contributed by atoms with Gasteiger partial charge in [0.15, 0.2) is 0 Å². The molecule has 2 atom stereocenters. The van der Waals surface area contributed by atoms with Crippen molar-refractivity contribution in [1.29, 1.82) is 5.26 Å². The van der Waals surface area contributed by atoms with E-state index in [4.69, 9.17) is 4.74 Å². The van der Waals surface area contributed by atoms with Crippen molar-refractivity contribution >= 4 is 16.6 Å². The van der Waals surface area contributed by atoms with Crippen LogP contribution in [-0.2, 0) is 4.74 Å². The Kier molecular flexibility index (Phi) is 4.56. The lowest BCUT2D eigenvalue weighted by molar-refractivity contribution is -0.0293. The molecule has 2 saturated heterocycles. The van der Waals surface area contributed by atoms with Crippen molar-refractivity contribution in [2.24, 2.45) is 0 Å². The summed E-state index contributed by atoms with van der Waals surface area (Å²) in [5.74, 6) is 0. The van der Waals surface area contributed by atoms with Gasteiger partial charge >= 0.3 is 0 Å². The molecule has 0 bridgehead atoms. The Balaban J connectivity index is 1.62. The number of hydrogen-bond donors (Lipinski definition) is 0. The van der Waals surface area contributed by atoms with E-state index in [1.165, 1.54) is 25.9 Å². The molecule has 0 spiro atoms. The molecule has 5 heteroatoms. The Morgan fingerprint density at radius 3 is 2.88 bits per heavy atom. The molecule has 130 valence electrons. The molecule has 1 aromatic heterocycles. The number of aromatic nitrogens is 1. The Bertz CT molecular complexity index is 794. The second-order valence-corrected chi connectivity index (χ2v) is 7.13. The number of ether oxygens (including phenoxy) is 1. The van der Waals surface area contributed by atoms with Crippen LogP contribution in [0.4, 0.5) is 5.69 Å². The van der Waals surface area contributed by atoms with Crippen molar-refractivity contribution in [2.75, 3.05) is 37.6 Å². The summed E-state index contributed by atoms with van der Waals surface area (Å²) in [7, 11) is 0. The number of fused-ring (bicyclic) bond motifs is 1. The molecule has 0 aliphatic carbocycles. The summed E-state index contributed by atoms with van der Waals surface area (Å²) in [6, 6.07) is 10.2. The molecule has 0 unspecified atom stereocenters. The van der Waals surface area contributed by atoms with Gasteiger partial charge in [0.2, 0.25) is 0 Å². The molecular formula is C20H24N4O. The van der Waals surface area contributed by atoms with Crippen LogP contribution in [0.2, 0.25) is 0 Å². The molecule has 5 nitrogen and oxygen atoms in total. The maximum atomic E-state index is 9.35. The number of likely N-dealkylation sites (tertiary alicyclic amines) is 1. The second-order valence-electron chi connectivity index (χ2n) is 7.13. The minimum absolute atomic E-state index is 0.198. The summed E-state index contributed by atoms with van der Waals surface area (Å²) in [6.07, 6.45) is 4.79. The lowest BCUT2D eigenvalue weighted by atomic mass is 10.1. The number of rotatable bonds is 3. The zero-order chi connectivity index (χ0) is 17.2. The van der Waals surface area contributed by atoms with Gasteiger partial charge in [0, 0.05) is 36.9 Å². The maximum Gasteiger partial charge on any atom is 0.101 e. The van der Waals surface area contributed by atoms with Gasteiger partial charge in [0.05, 0.1) is 23.3 Å². The first-order chi connectivity index (χ1) is 12.2. The molecule has 0 radical (unpaired) electrons. The van der Waals surface area contributed by atoms with E-state index < -0.39 is 0 Å². The Labute approximate surface area is 148 Å². The Hall–Kier alpha value is -2.16. The van der Waals surface area contributed by atoms with Gasteiger partial charge in [0.25, 0.3) is 0 Å². The lowest BCUT2D eigenvalue weighted by Crippen LogP contribution is -2.50. The predicted octanol–water partition coefficient (Wildman–Crippen LogP) is 2.80. The van der Waals surface area contributed by atoms with E-state index in [1.54, 1.807) is 6.20 Å². The number of nitriles is 1. The molecule has 0 amide bonds. The van der Waals surface area contributed by atoms with Crippen molar-refractivity contribution in [3.8, 4) is 6.07 Å². The van der Waals surface area contributed by atoms with Crippen LogP contribution in [-0.4, -0.2) is 54.8 Å². The average Bonchev–Trinajstić information content (AvgIpc) is 3.13. The van der Waals surface area contributed by atoms with E-state index in [9.17, 15) is 5.26 Å². The van der Waals surface area contributed by atoms with E-state index in [0.29, 0.717) is 5.56 Å². The summed E-state index contributed by atoms with van der Waals surface area (Å²) in [5, 5.41) is 10.4. The van der Waals surface area contributed by atoms with Crippen LogP contribution < -0.4 is 4.90 Å². The zero-order valence-electron chi connectivity index (χ0n) is 14.7. The van der Waals surface area contributed by atoms with Crippen molar-refractivity contribution in [1.82, 2.24) is 9.88 Å². The number of pyridine rings is 1.